The number of aliphatic carboxylic acids is 1. The molecule has 0 aliphatic carbocycles. The van der Waals surface area contributed by atoms with E-state index in [1.54, 1.807) is 11.0 Å². The number of carboxylic acid groups (broad SMARTS) is 1. The van der Waals surface area contributed by atoms with Gasteiger partial charge in [0.05, 0.1) is 19.6 Å². The third-order valence-corrected chi connectivity index (χ3v) is 7.42. The van der Waals surface area contributed by atoms with Crippen molar-refractivity contribution in [2.75, 3.05) is 25.5 Å². The molecule has 0 fully saturated rings. The van der Waals surface area contributed by atoms with Crippen LogP contribution in [-0.2, 0) is 30.6 Å². The molecule has 0 bridgehead atoms. The van der Waals surface area contributed by atoms with Crippen molar-refractivity contribution in [3.63, 3.8) is 0 Å². The Morgan fingerprint density at radius 1 is 1.22 bits per heavy atom. The Balaban J connectivity index is 1.37. The maximum absolute atomic E-state index is 14.4. The molecule has 1 unspecified atom stereocenters. The Labute approximate surface area is 215 Å². The lowest BCUT2D eigenvalue weighted by Crippen LogP contribution is -2.43. The number of aryl methyl sites for hydroxylation is 3. The zero-order valence-electron chi connectivity index (χ0n) is 21.1. The number of nitrogens with one attached hydrogen (secondary N) is 1. The van der Waals surface area contributed by atoms with Gasteiger partial charge in [-0.15, -0.1) is 0 Å². The van der Waals surface area contributed by atoms with E-state index in [2.05, 4.69) is 17.4 Å². The van der Waals surface area contributed by atoms with E-state index in [-0.39, 0.29) is 18.1 Å². The second kappa shape index (κ2) is 10.2. The maximum Gasteiger partial charge on any atom is 0.305 e. The van der Waals surface area contributed by atoms with Crippen LogP contribution in [0.15, 0.2) is 36.4 Å². The predicted octanol–water partition coefficient (Wildman–Crippen LogP) is 4.15. The molecule has 3 aromatic rings. The van der Waals surface area contributed by atoms with Gasteiger partial charge in [0.1, 0.15) is 11.5 Å². The van der Waals surface area contributed by atoms with Gasteiger partial charge < -0.3 is 24.6 Å². The van der Waals surface area contributed by atoms with Crippen LogP contribution in [-0.4, -0.2) is 51.6 Å². The fourth-order valence-corrected chi connectivity index (χ4v) is 5.41. The third kappa shape index (κ3) is 4.90. The average Bonchev–Trinajstić information content (AvgIpc) is 3.22. The second-order valence-corrected chi connectivity index (χ2v) is 9.64. The summed E-state index contributed by atoms with van der Waals surface area (Å²) in [5.41, 5.74) is 5.32. The SMILES string of the molecule is COc1ccc(C(CC(=O)O)N2CCn3c(cc(CCc4ccc5c(n4)NCCC5)c3C)C2=O)cc1F. The molecule has 0 radical (unpaired) electrons. The Morgan fingerprint density at radius 2 is 2.05 bits per heavy atom. The van der Waals surface area contributed by atoms with Crippen LogP contribution in [0.1, 0.15) is 57.5 Å². The minimum atomic E-state index is -1.06. The predicted molar refractivity (Wildman–Crippen MR) is 137 cm³/mol. The van der Waals surface area contributed by atoms with E-state index < -0.39 is 17.8 Å². The molecule has 2 aliphatic rings. The number of fused-ring (bicyclic) bond motifs is 2. The van der Waals surface area contributed by atoms with Crippen molar-refractivity contribution in [2.24, 2.45) is 0 Å². The van der Waals surface area contributed by atoms with E-state index in [1.165, 1.54) is 24.8 Å². The van der Waals surface area contributed by atoms with Gasteiger partial charge in [0.25, 0.3) is 5.91 Å². The highest BCUT2D eigenvalue weighted by molar-refractivity contribution is 5.94. The van der Waals surface area contributed by atoms with Crippen molar-refractivity contribution < 1.29 is 23.8 Å². The largest absolute Gasteiger partial charge is 0.494 e. The summed E-state index contributed by atoms with van der Waals surface area (Å²) >= 11 is 0. The molecule has 2 aromatic heterocycles. The van der Waals surface area contributed by atoms with Gasteiger partial charge in [-0.1, -0.05) is 12.1 Å². The van der Waals surface area contributed by atoms with Gasteiger partial charge in [0.2, 0.25) is 0 Å². The fraction of sp³-hybridized carbons (Fsp3) is 0.393. The monoisotopic (exact) mass is 506 g/mol. The summed E-state index contributed by atoms with van der Waals surface area (Å²) < 4.78 is 21.4. The summed E-state index contributed by atoms with van der Waals surface area (Å²) in [5, 5.41) is 12.9. The molecule has 0 saturated heterocycles. The minimum absolute atomic E-state index is 0.0705. The lowest BCUT2D eigenvalue weighted by molar-refractivity contribution is -0.138. The summed E-state index contributed by atoms with van der Waals surface area (Å²) in [5.74, 6) is -0.853. The standard InChI is InChI=1S/C28H31FN4O4/c1-17-19(6-9-21-8-5-18-4-3-11-30-27(18)31-21)15-24-28(36)33(13-12-32(17)24)23(16-26(34)35)20-7-10-25(37-2)22(29)14-20/h5,7-8,10,14-15,23H,3-4,6,9,11-13,16H2,1-2H3,(H,30,31)(H,34,35). The number of amides is 1. The third-order valence-electron chi connectivity index (χ3n) is 7.42. The quantitative estimate of drug-likeness (QED) is 0.477. The highest BCUT2D eigenvalue weighted by Crippen LogP contribution is 2.33. The van der Waals surface area contributed by atoms with Crippen LogP contribution >= 0.6 is 0 Å². The first kappa shape index (κ1) is 24.8. The topological polar surface area (TPSA) is 96.7 Å². The zero-order valence-corrected chi connectivity index (χ0v) is 21.1. The first-order valence-corrected chi connectivity index (χ1v) is 12.6. The smallest absolute Gasteiger partial charge is 0.305 e. The molecule has 2 N–H and O–H groups in total. The van der Waals surface area contributed by atoms with Gasteiger partial charge in [0.15, 0.2) is 11.6 Å². The molecular weight excluding hydrogens is 475 g/mol. The fourth-order valence-electron chi connectivity index (χ4n) is 5.41. The summed E-state index contributed by atoms with van der Waals surface area (Å²) in [4.78, 5) is 31.6. The lowest BCUT2D eigenvalue weighted by atomic mass is 10.00. The number of nitrogens with zero attached hydrogens (tertiary/aromatic N) is 3. The van der Waals surface area contributed by atoms with Crippen molar-refractivity contribution in [2.45, 2.75) is 51.6 Å². The molecule has 37 heavy (non-hydrogen) atoms. The highest BCUT2D eigenvalue weighted by atomic mass is 19.1. The van der Waals surface area contributed by atoms with Gasteiger partial charge >= 0.3 is 5.97 Å². The molecule has 1 aromatic carbocycles. The number of methoxy groups -OCH3 is 1. The minimum Gasteiger partial charge on any atom is -0.494 e. The van der Waals surface area contributed by atoms with Gasteiger partial charge in [-0.25, -0.2) is 9.37 Å². The molecule has 5 rings (SSSR count). The van der Waals surface area contributed by atoms with Gasteiger partial charge in [-0.2, -0.15) is 0 Å². The Hall–Kier alpha value is -3.88. The van der Waals surface area contributed by atoms with Crippen molar-refractivity contribution >= 4 is 17.7 Å². The van der Waals surface area contributed by atoms with Gasteiger partial charge in [-0.05, 0) is 73.6 Å². The number of carbonyl (C=O) groups excluding carboxylic acids is 1. The van der Waals surface area contributed by atoms with Gasteiger partial charge in [-0.3, -0.25) is 9.59 Å². The number of carbonyl (C=O) groups is 2. The first-order chi connectivity index (χ1) is 17.9. The molecule has 0 spiro atoms. The molecule has 8 nitrogen and oxygen atoms in total. The van der Waals surface area contributed by atoms with Crippen LogP contribution < -0.4 is 10.1 Å². The Kier molecular flexibility index (Phi) is 6.86. The highest BCUT2D eigenvalue weighted by Gasteiger charge is 2.34. The average molecular weight is 507 g/mol. The summed E-state index contributed by atoms with van der Waals surface area (Å²) in [6.07, 6.45) is 3.35. The van der Waals surface area contributed by atoms with Crippen LogP contribution in [0.5, 0.6) is 5.75 Å². The number of halogens is 1. The molecule has 1 atom stereocenters. The molecule has 1 amide bonds. The van der Waals surface area contributed by atoms with Crippen LogP contribution in [0, 0.1) is 12.7 Å². The molecule has 194 valence electrons. The van der Waals surface area contributed by atoms with Crippen molar-refractivity contribution in [3.05, 3.63) is 76.0 Å². The summed E-state index contributed by atoms with van der Waals surface area (Å²) in [6.45, 7) is 3.84. The number of benzene rings is 1. The number of ether oxygens (including phenoxy) is 1. The van der Waals surface area contributed by atoms with Crippen molar-refractivity contribution in [3.8, 4) is 5.75 Å². The molecule has 9 heteroatoms. The number of rotatable bonds is 8. The van der Waals surface area contributed by atoms with E-state index >= 15 is 0 Å². The van der Waals surface area contributed by atoms with E-state index in [0.29, 0.717) is 24.3 Å². The maximum atomic E-state index is 14.4. The zero-order chi connectivity index (χ0) is 26.1. The number of hydrogen-bond acceptors (Lipinski definition) is 5. The second-order valence-electron chi connectivity index (χ2n) is 9.64. The number of hydrogen-bond donors (Lipinski definition) is 2. The number of aromatic nitrogens is 2. The summed E-state index contributed by atoms with van der Waals surface area (Å²) in [6, 6.07) is 9.68. The van der Waals surface area contributed by atoms with Gasteiger partial charge in [0, 0.05) is 31.0 Å². The lowest BCUT2D eigenvalue weighted by Gasteiger charge is -2.35. The Morgan fingerprint density at radius 3 is 2.81 bits per heavy atom. The normalized spacial score (nSPS) is 15.5. The van der Waals surface area contributed by atoms with Crippen LogP contribution in [0.4, 0.5) is 10.2 Å². The molecule has 4 heterocycles. The van der Waals surface area contributed by atoms with E-state index in [4.69, 9.17) is 9.72 Å². The molecule has 0 saturated carbocycles. The van der Waals surface area contributed by atoms with E-state index in [1.807, 2.05) is 17.6 Å². The van der Waals surface area contributed by atoms with Crippen LogP contribution in [0.2, 0.25) is 0 Å². The van der Waals surface area contributed by atoms with E-state index in [9.17, 15) is 19.1 Å². The number of anilines is 1. The summed E-state index contributed by atoms with van der Waals surface area (Å²) in [7, 11) is 1.37. The first-order valence-electron chi connectivity index (χ1n) is 12.6. The number of pyridine rings is 1. The van der Waals surface area contributed by atoms with Crippen LogP contribution in [0.25, 0.3) is 0 Å². The van der Waals surface area contributed by atoms with Crippen LogP contribution in [0.3, 0.4) is 0 Å². The van der Waals surface area contributed by atoms with Crippen molar-refractivity contribution in [1.29, 1.82) is 0 Å². The van der Waals surface area contributed by atoms with E-state index in [0.717, 1.165) is 55.0 Å². The number of carboxylic acids is 1. The Bertz CT molecular complexity index is 1350. The molecule has 2 aliphatic heterocycles. The van der Waals surface area contributed by atoms with Crippen molar-refractivity contribution in [1.82, 2.24) is 14.5 Å². The molecular formula is C28H31FN4O4.